The summed E-state index contributed by atoms with van der Waals surface area (Å²) in [5.74, 6) is 2.36. The lowest BCUT2D eigenvalue weighted by molar-refractivity contribution is 0.493. The molecule has 0 spiro atoms. The summed E-state index contributed by atoms with van der Waals surface area (Å²) in [6, 6.07) is 4.28. The van der Waals surface area contributed by atoms with Crippen LogP contribution in [0.2, 0.25) is 0 Å². The van der Waals surface area contributed by atoms with Gasteiger partial charge in [0.1, 0.15) is 5.76 Å². The van der Waals surface area contributed by atoms with E-state index in [2.05, 4.69) is 6.92 Å². The lowest BCUT2D eigenvalue weighted by atomic mass is 10.2. The average Bonchev–Trinajstić information content (AvgIpc) is 2.60. The van der Waals surface area contributed by atoms with Crippen LogP contribution in [0.4, 0.5) is 0 Å². The summed E-state index contributed by atoms with van der Waals surface area (Å²) >= 11 is 0. The number of furan rings is 1. The minimum atomic E-state index is 0.310. The van der Waals surface area contributed by atoms with Gasteiger partial charge in [-0.3, -0.25) is 0 Å². The Morgan fingerprint density at radius 1 is 1.73 bits per heavy atom. The Hall–Kier alpha value is -0.760. The van der Waals surface area contributed by atoms with E-state index in [0.717, 1.165) is 5.76 Å². The molecule has 0 bridgehead atoms. The van der Waals surface area contributed by atoms with Crippen LogP contribution in [0.3, 0.4) is 0 Å². The highest BCUT2D eigenvalue weighted by Crippen LogP contribution is 2.48. The lowest BCUT2D eigenvalue weighted by Crippen LogP contribution is -2.17. The smallest absolute Gasteiger partial charge is 0.107 e. The Morgan fingerprint density at radius 2 is 2.55 bits per heavy atom. The molecular weight excluding hydrogens is 138 g/mol. The quantitative estimate of drug-likeness (QED) is 0.699. The van der Waals surface area contributed by atoms with E-state index in [1.165, 1.54) is 6.42 Å². The Bertz CT molecular complexity index is 228. The number of nitrogens with two attached hydrogens (primary N) is 1. The largest absolute Gasteiger partial charge is 0.469 e. The average molecular weight is 151 g/mol. The van der Waals surface area contributed by atoms with Gasteiger partial charge in [-0.25, -0.2) is 0 Å². The highest BCUT2D eigenvalue weighted by molar-refractivity contribution is 5.16. The van der Waals surface area contributed by atoms with Gasteiger partial charge >= 0.3 is 0 Å². The van der Waals surface area contributed by atoms with E-state index in [0.29, 0.717) is 17.9 Å². The van der Waals surface area contributed by atoms with Crippen molar-refractivity contribution in [1.82, 2.24) is 0 Å². The van der Waals surface area contributed by atoms with Crippen molar-refractivity contribution in [3.63, 3.8) is 0 Å². The third-order valence-corrected chi connectivity index (χ3v) is 2.42. The number of rotatable bonds is 2. The molecule has 2 heteroatoms. The maximum atomic E-state index is 5.75. The first kappa shape index (κ1) is 6.92. The second-order valence-corrected chi connectivity index (χ2v) is 3.38. The highest BCUT2D eigenvalue weighted by Gasteiger charge is 2.42. The summed E-state index contributed by atoms with van der Waals surface area (Å²) in [7, 11) is 0. The summed E-state index contributed by atoms with van der Waals surface area (Å²) in [6.45, 7) is 2.06. The monoisotopic (exact) mass is 151 g/mol. The fourth-order valence-corrected chi connectivity index (χ4v) is 1.63. The van der Waals surface area contributed by atoms with Crippen molar-refractivity contribution >= 4 is 0 Å². The van der Waals surface area contributed by atoms with Crippen LogP contribution in [0.5, 0.6) is 0 Å². The second-order valence-electron chi connectivity index (χ2n) is 3.38. The molecule has 0 aliphatic heterocycles. The van der Waals surface area contributed by atoms with Crippen LogP contribution in [-0.4, -0.2) is 6.04 Å². The molecule has 2 nitrogen and oxygen atoms in total. The van der Waals surface area contributed by atoms with E-state index in [9.17, 15) is 0 Å². The predicted molar refractivity (Wildman–Crippen MR) is 43.2 cm³/mol. The predicted octanol–water partition coefficient (Wildman–Crippen LogP) is 1.73. The molecule has 60 valence electrons. The fraction of sp³-hybridized carbons (Fsp3) is 0.556. The Balaban J connectivity index is 2.02. The zero-order valence-corrected chi connectivity index (χ0v) is 6.66. The molecule has 0 saturated heterocycles. The minimum absolute atomic E-state index is 0.310. The molecule has 1 saturated carbocycles. The summed E-state index contributed by atoms with van der Waals surface area (Å²) in [5, 5.41) is 0. The normalized spacial score (nSPS) is 31.8. The highest BCUT2D eigenvalue weighted by atomic mass is 16.3. The molecule has 1 fully saturated rings. The maximum Gasteiger partial charge on any atom is 0.107 e. The summed E-state index contributed by atoms with van der Waals surface area (Å²) < 4.78 is 5.28. The molecule has 2 N–H and O–H groups in total. The van der Waals surface area contributed by atoms with Crippen LogP contribution < -0.4 is 5.73 Å². The summed E-state index contributed by atoms with van der Waals surface area (Å²) in [5.41, 5.74) is 5.75. The molecule has 1 heterocycles. The zero-order valence-electron chi connectivity index (χ0n) is 6.66. The maximum absolute atomic E-state index is 5.75. The van der Waals surface area contributed by atoms with E-state index in [-0.39, 0.29) is 0 Å². The molecule has 0 unspecified atom stereocenters. The van der Waals surface area contributed by atoms with Gasteiger partial charge in [-0.2, -0.15) is 0 Å². The second kappa shape index (κ2) is 2.38. The summed E-state index contributed by atoms with van der Waals surface area (Å²) in [4.78, 5) is 0. The molecule has 3 atom stereocenters. The van der Waals surface area contributed by atoms with E-state index < -0.39 is 0 Å². The standard InChI is InChI=1S/C9H13NO/c1-6(10)7-5-8(7)9-3-2-4-11-9/h2-4,6-8H,5,10H2,1H3/t6-,7+,8-/m0/s1. The van der Waals surface area contributed by atoms with Crippen LogP contribution in [0.25, 0.3) is 0 Å². The van der Waals surface area contributed by atoms with Crippen molar-refractivity contribution in [2.45, 2.75) is 25.3 Å². The van der Waals surface area contributed by atoms with Gasteiger partial charge in [-0.05, 0) is 31.4 Å². The molecule has 0 radical (unpaired) electrons. The van der Waals surface area contributed by atoms with Gasteiger partial charge in [-0.1, -0.05) is 0 Å². The summed E-state index contributed by atoms with van der Waals surface area (Å²) in [6.07, 6.45) is 2.93. The molecule has 2 rings (SSSR count). The molecule has 0 amide bonds. The van der Waals surface area contributed by atoms with Gasteiger partial charge in [0.2, 0.25) is 0 Å². The van der Waals surface area contributed by atoms with Crippen molar-refractivity contribution in [3.8, 4) is 0 Å². The SMILES string of the molecule is C[C@H](N)[C@H]1C[C@@H]1c1ccco1. The van der Waals surface area contributed by atoms with Crippen LogP contribution in [-0.2, 0) is 0 Å². The van der Waals surface area contributed by atoms with E-state index in [1.807, 2.05) is 12.1 Å². The molecule has 0 aromatic carbocycles. The molecule has 1 aromatic rings. The van der Waals surface area contributed by atoms with Crippen LogP contribution in [0, 0.1) is 5.92 Å². The lowest BCUT2D eigenvalue weighted by Gasteiger charge is -2.00. The van der Waals surface area contributed by atoms with Crippen LogP contribution in [0.1, 0.15) is 25.0 Å². The van der Waals surface area contributed by atoms with Crippen LogP contribution in [0.15, 0.2) is 22.8 Å². The Kier molecular flexibility index (Phi) is 1.50. The van der Waals surface area contributed by atoms with Crippen molar-refractivity contribution in [2.24, 2.45) is 11.7 Å². The van der Waals surface area contributed by atoms with E-state index >= 15 is 0 Å². The van der Waals surface area contributed by atoms with Gasteiger partial charge in [0.05, 0.1) is 6.26 Å². The number of hydrogen-bond acceptors (Lipinski definition) is 2. The fourth-order valence-electron chi connectivity index (χ4n) is 1.63. The first-order chi connectivity index (χ1) is 5.29. The molecular formula is C9H13NO. The Morgan fingerprint density at radius 3 is 3.00 bits per heavy atom. The van der Waals surface area contributed by atoms with Gasteiger partial charge in [0, 0.05) is 12.0 Å². The van der Waals surface area contributed by atoms with Crippen LogP contribution >= 0.6 is 0 Å². The van der Waals surface area contributed by atoms with E-state index in [1.54, 1.807) is 6.26 Å². The van der Waals surface area contributed by atoms with Crippen molar-refractivity contribution in [2.75, 3.05) is 0 Å². The number of hydrogen-bond donors (Lipinski definition) is 1. The topological polar surface area (TPSA) is 39.2 Å². The van der Waals surface area contributed by atoms with Gasteiger partial charge in [0.25, 0.3) is 0 Å². The van der Waals surface area contributed by atoms with Gasteiger partial charge in [-0.15, -0.1) is 0 Å². The third-order valence-electron chi connectivity index (χ3n) is 2.42. The Labute approximate surface area is 66.4 Å². The molecule has 1 aliphatic rings. The zero-order chi connectivity index (χ0) is 7.84. The van der Waals surface area contributed by atoms with Crippen molar-refractivity contribution in [1.29, 1.82) is 0 Å². The minimum Gasteiger partial charge on any atom is -0.469 e. The van der Waals surface area contributed by atoms with Crippen molar-refractivity contribution in [3.05, 3.63) is 24.2 Å². The first-order valence-electron chi connectivity index (χ1n) is 4.08. The third kappa shape index (κ3) is 1.18. The van der Waals surface area contributed by atoms with Gasteiger partial charge in [0.15, 0.2) is 0 Å². The van der Waals surface area contributed by atoms with Crippen molar-refractivity contribution < 1.29 is 4.42 Å². The first-order valence-corrected chi connectivity index (χ1v) is 4.08. The molecule has 1 aromatic heterocycles. The van der Waals surface area contributed by atoms with Gasteiger partial charge < -0.3 is 10.2 Å². The molecule has 1 aliphatic carbocycles. The molecule has 11 heavy (non-hydrogen) atoms. The van der Waals surface area contributed by atoms with E-state index in [4.69, 9.17) is 10.2 Å².